The van der Waals surface area contributed by atoms with Gasteiger partial charge in [-0.15, -0.1) is 0 Å². The van der Waals surface area contributed by atoms with E-state index in [4.69, 9.17) is 0 Å². The number of hydrogen-bond donors (Lipinski definition) is 1. The van der Waals surface area contributed by atoms with E-state index in [9.17, 15) is 22.8 Å². The molecule has 134 valence electrons. The van der Waals surface area contributed by atoms with Gasteiger partial charge >= 0.3 is 11.8 Å². The second kappa shape index (κ2) is 5.48. The van der Waals surface area contributed by atoms with Crippen LogP contribution < -0.4 is 5.32 Å². The largest absolute Gasteiger partial charge is 0.442 e. The summed E-state index contributed by atoms with van der Waals surface area (Å²) in [4.78, 5) is 29.4. The van der Waals surface area contributed by atoms with E-state index in [2.05, 4.69) is 4.99 Å². The van der Waals surface area contributed by atoms with Crippen LogP contribution in [-0.2, 0) is 4.79 Å². The molecule has 1 atom stereocenters. The highest BCUT2D eigenvalue weighted by molar-refractivity contribution is 8.15. The first-order valence-corrected chi connectivity index (χ1v) is 8.34. The lowest BCUT2D eigenvalue weighted by atomic mass is 10.1. The predicted molar refractivity (Wildman–Crippen MR) is 88.2 cm³/mol. The lowest BCUT2D eigenvalue weighted by Gasteiger charge is -2.29. The molecule has 1 saturated heterocycles. The number of fused-ring (bicyclic) bond motifs is 1. The molecule has 0 saturated carbocycles. The molecule has 0 unspecified atom stereocenters. The Morgan fingerprint density at radius 1 is 1.28 bits per heavy atom. The molecule has 2 aliphatic rings. The van der Waals surface area contributed by atoms with E-state index in [0.29, 0.717) is 0 Å². The van der Waals surface area contributed by atoms with Gasteiger partial charge in [0.2, 0.25) is 0 Å². The van der Waals surface area contributed by atoms with Crippen molar-refractivity contribution in [3.63, 3.8) is 0 Å². The molecule has 5 nitrogen and oxygen atoms in total. The van der Waals surface area contributed by atoms with Crippen LogP contribution in [0.15, 0.2) is 29.3 Å². The third-order valence-corrected chi connectivity index (χ3v) is 5.15. The number of alkyl halides is 3. The number of amidine groups is 1. The predicted octanol–water partition coefficient (Wildman–Crippen LogP) is 2.71. The van der Waals surface area contributed by atoms with Gasteiger partial charge in [0.25, 0.3) is 11.8 Å². The first kappa shape index (κ1) is 17.8. The summed E-state index contributed by atoms with van der Waals surface area (Å²) in [5.41, 5.74) is -2.38. The fourth-order valence-corrected chi connectivity index (χ4v) is 3.82. The molecular formula is C16H16F3N3O2S. The molecule has 9 heteroatoms. The standard InChI is InChI=1S/C16H16F3N3O2S/c1-9-4-6-10(7-5-9)11(23)20-15(16(17,18)19)12(24)22-8-14(2,3)25-13(22)21-15/h4-7H,8H2,1-3H3,(H,20,23)/t15-/m0/s1. The van der Waals surface area contributed by atoms with Gasteiger partial charge in [0, 0.05) is 16.9 Å². The quantitative estimate of drug-likeness (QED) is 0.870. The number of amides is 2. The van der Waals surface area contributed by atoms with Crippen molar-refractivity contribution in [2.75, 3.05) is 6.54 Å². The molecule has 1 aromatic rings. The first-order chi connectivity index (χ1) is 11.5. The van der Waals surface area contributed by atoms with E-state index in [1.54, 1.807) is 19.1 Å². The number of hydrogen-bond acceptors (Lipinski definition) is 4. The molecule has 0 spiro atoms. The second-order valence-corrected chi connectivity index (χ2v) is 8.35. The third kappa shape index (κ3) is 2.90. The minimum absolute atomic E-state index is 0.0171. The van der Waals surface area contributed by atoms with Crippen molar-refractivity contribution in [3.8, 4) is 0 Å². The summed E-state index contributed by atoms with van der Waals surface area (Å²) in [6.45, 7) is 5.52. The van der Waals surface area contributed by atoms with Crippen LogP contribution in [0.3, 0.4) is 0 Å². The van der Waals surface area contributed by atoms with Gasteiger partial charge < -0.3 is 5.32 Å². The molecule has 2 heterocycles. The average molecular weight is 371 g/mol. The number of aryl methyl sites for hydroxylation is 1. The number of benzene rings is 1. The fraction of sp³-hybridized carbons (Fsp3) is 0.438. The van der Waals surface area contributed by atoms with E-state index < -0.39 is 28.4 Å². The maximum absolute atomic E-state index is 13.7. The molecule has 1 fully saturated rings. The van der Waals surface area contributed by atoms with Gasteiger partial charge in [-0.2, -0.15) is 13.2 Å². The van der Waals surface area contributed by atoms with Gasteiger partial charge in [-0.25, -0.2) is 4.99 Å². The number of aliphatic imine (C=N–C) groups is 1. The van der Waals surface area contributed by atoms with E-state index in [0.717, 1.165) is 22.2 Å². The number of thioether (sulfide) groups is 1. The normalized spacial score (nSPS) is 25.0. The Morgan fingerprint density at radius 2 is 1.88 bits per heavy atom. The summed E-state index contributed by atoms with van der Waals surface area (Å²) >= 11 is 1.09. The highest BCUT2D eigenvalue weighted by Gasteiger charge is 2.68. The second-order valence-electron chi connectivity index (χ2n) is 6.68. The maximum Gasteiger partial charge on any atom is 0.442 e. The third-order valence-electron chi connectivity index (χ3n) is 3.97. The Kier molecular flexibility index (Phi) is 3.90. The van der Waals surface area contributed by atoms with Crippen molar-refractivity contribution in [1.29, 1.82) is 0 Å². The van der Waals surface area contributed by atoms with Crippen molar-refractivity contribution in [1.82, 2.24) is 10.2 Å². The Morgan fingerprint density at radius 3 is 2.40 bits per heavy atom. The summed E-state index contributed by atoms with van der Waals surface area (Å²) in [5, 5.41) is 1.80. The molecule has 3 rings (SSSR count). The van der Waals surface area contributed by atoms with Crippen LogP contribution in [0, 0.1) is 6.92 Å². The molecule has 1 N–H and O–H groups in total. The van der Waals surface area contributed by atoms with E-state index in [1.807, 2.05) is 19.2 Å². The van der Waals surface area contributed by atoms with Crippen molar-refractivity contribution < 1.29 is 22.8 Å². The molecule has 0 radical (unpaired) electrons. The monoisotopic (exact) mass is 371 g/mol. The number of nitrogens with one attached hydrogen (secondary N) is 1. The summed E-state index contributed by atoms with van der Waals surface area (Å²) in [6, 6.07) is 6.02. The van der Waals surface area contributed by atoms with Crippen molar-refractivity contribution in [2.24, 2.45) is 4.99 Å². The number of nitrogens with zero attached hydrogens (tertiary/aromatic N) is 2. The van der Waals surface area contributed by atoms with E-state index in [-0.39, 0.29) is 17.3 Å². The number of carbonyl (C=O) groups is 2. The zero-order valence-corrected chi connectivity index (χ0v) is 14.6. The fourth-order valence-electron chi connectivity index (χ4n) is 2.69. The van der Waals surface area contributed by atoms with Gasteiger partial charge in [0.05, 0.1) is 0 Å². The zero-order chi connectivity index (χ0) is 18.6. The highest BCUT2D eigenvalue weighted by Crippen LogP contribution is 2.45. The molecule has 2 aliphatic heterocycles. The van der Waals surface area contributed by atoms with Gasteiger partial charge in [0.15, 0.2) is 5.17 Å². The number of halogens is 3. The average Bonchev–Trinajstić information content (AvgIpc) is 2.91. The lowest BCUT2D eigenvalue weighted by molar-refractivity contribution is -0.196. The van der Waals surface area contributed by atoms with Gasteiger partial charge in [-0.1, -0.05) is 29.5 Å². The number of rotatable bonds is 2. The van der Waals surface area contributed by atoms with Crippen LogP contribution in [0.2, 0.25) is 0 Å². The van der Waals surface area contributed by atoms with Crippen molar-refractivity contribution in [3.05, 3.63) is 35.4 Å². The van der Waals surface area contributed by atoms with Crippen LogP contribution in [-0.4, -0.2) is 45.0 Å². The Bertz CT molecular complexity index is 774. The Labute approximate surface area is 146 Å². The molecule has 0 bridgehead atoms. The van der Waals surface area contributed by atoms with Gasteiger partial charge in [-0.05, 0) is 32.9 Å². The van der Waals surface area contributed by atoms with Crippen molar-refractivity contribution >= 4 is 28.7 Å². The lowest BCUT2D eigenvalue weighted by Crippen LogP contribution is -2.63. The molecule has 1 aromatic carbocycles. The van der Waals surface area contributed by atoms with Gasteiger partial charge in [0.1, 0.15) is 0 Å². The molecule has 2 amide bonds. The van der Waals surface area contributed by atoms with Crippen LogP contribution in [0.5, 0.6) is 0 Å². The van der Waals surface area contributed by atoms with E-state index in [1.165, 1.54) is 12.1 Å². The summed E-state index contributed by atoms with van der Waals surface area (Å²) < 4.78 is 40.8. The topological polar surface area (TPSA) is 61.8 Å². The highest BCUT2D eigenvalue weighted by atomic mass is 32.2. The molecule has 0 aromatic heterocycles. The van der Waals surface area contributed by atoms with Crippen LogP contribution in [0.1, 0.15) is 29.8 Å². The van der Waals surface area contributed by atoms with Crippen molar-refractivity contribution in [2.45, 2.75) is 37.4 Å². The first-order valence-electron chi connectivity index (χ1n) is 7.52. The zero-order valence-electron chi connectivity index (χ0n) is 13.8. The summed E-state index contributed by atoms with van der Waals surface area (Å²) in [5.74, 6) is -2.27. The molecular weight excluding hydrogens is 355 g/mol. The summed E-state index contributed by atoms with van der Waals surface area (Å²) in [7, 11) is 0. The molecule has 25 heavy (non-hydrogen) atoms. The SMILES string of the molecule is Cc1ccc(C(=O)N[C@]2(C(F)(F)F)N=C3SC(C)(C)CN3C2=O)cc1. The maximum atomic E-state index is 13.7. The summed E-state index contributed by atoms with van der Waals surface area (Å²) in [6.07, 6.45) is -5.05. The molecule has 0 aliphatic carbocycles. The van der Waals surface area contributed by atoms with Crippen LogP contribution in [0.4, 0.5) is 13.2 Å². The van der Waals surface area contributed by atoms with Crippen LogP contribution in [0.25, 0.3) is 0 Å². The van der Waals surface area contributed by atoms with Gasteiger partial charge in [-0.3, -0.25) is 14.5 Å². The number of carbonyl (C=O) groups excluding carboxylic acids is 2. The minimum atomic E-state index is -5.05. The Balaban J connectivity index is 1.97. The Hall–Kier alpha value is -2.03. The van der Waals surface area contributed by atoms with E-state index >= 15 is 0 Å². The smallest absolute Gasteiger partial charge is 0.312 e. The minimum Gasteiger partial charge on any atom is -0.312 e. The van der Waals surface area contributed by atoms with Crippen LogP contribution >= 0.6 is 11.8 Å².